The highest BCUT2D eigenvalue weighted by molar-refractivity contribution is 5.22. The molecule has 4 atom stereocenters. The van der Waals surface area contributed by atoms with E-state index in [0.717, 1.165) is 12.3 Å². The van der Waals surface area contributed by atoms with Gasteiger partial charge in [-0.2, -0.15) is 0 Å². The van der Waals surface area contributed by atoms with Crippen LogP contribution in [0.4, 0.5) is 8.78 Å². The van der Waals surface area contributed by atoms with Crippen molar-refractivity contribution in [3.8, 4) is 0 Å². The van der Waals surface area contributed by atoms with Gasteiger partial charge >= 0.3 is 0 Å². The topological polar surface area (TPSA) is 32.3 Å². The van der Waals surface area contributed by atoms with Gasteiger partial charge in [0, 0.05) is 12.6 Å². The molecule has 3 rings (SSSR count). The van der Waals surface area contributed by atoms with Crippen LogP contribution in [0, 0.1) is 23.5 Å². The molecule has 104 valence electrons. The molecule has 0 saturated heterocycles. The highest BCUT2D eigenvalue weighted by Crippen LogP contribution is 2.44. The first-order valence-electron chi connectivity index (χ1n) is 7.00. The lowest BCUT2D eigenvalue weighted by Crippen LogP contribution is -2.36. The van der Waals surface area contributed by atoms with Gasteiger partial charge in [-0.05, 0) is 43.2 Å². The summed E-state index contributed by atoms with van der Waals surface area (Å²) >= 11 is 0. The van der Waals surface area contributed by atoms with E-state index in [1.807, 2.05) is 0 Å². The number of halogens is 2. The van der Waals surface area contributed by atoms with Crippen LogP contribution in [0.3, 0.4) is 0 Å². The van der Waals surface area contributed by atoms with Crippen LogP contribution >= 0.6 is 0 Å². The summed E-state index contributed by atoms with van der Waals surface area (Å²) < 4.78 is 27.0. The summed E-state index contributed by atoms with van der Waals surface area (Å²) in [5.74, 6) is 0.136. The predicted octanol–water partition coefficient (Wildman–Crippen LogP) is 2.78. The van der Waals surface area contributed by atoms with Gasteiger partial charge in [0.2, 0.25) is 0 Å². The molecule has 4 heteroatoms. The summed E-state index contributed by atoms with van der Waals surface area (Å²) in [5, 5.41) is 13.3. The van der Waals surface area contributed by atoms with Crippen molar-refractivity contribution in [1.82, 2.24) is 5.32 Å². The van der Waals surface area contributed by atoms with Crippen LogP contribution in [0.5, 0.6) is 0 Å². The van der Waals surface area contributed by atoms with Crippen molar-refractivity contribution in [2.24, 2.45) is 11.8 Å². The van der Waals surface area contributed by atoms with Crippen LogP contribution in [-0.4, -0.2) is 17.7 Å². The summed E-state index contributed by atoms with van der Waals surface area (Å²) in [5.41, 5.74) is -0.224. The molecule has 0 aliphatic heterocycles. The second kappa shape index (κ2) is 5.17. The average Bonchev–Trinajstić information content (AvgIpc) is 2.98. The van der Waals surface area contributed by atoms with Crippen LogP contribution < -0.4 is 5.32 Å². The van der Waals surface area contributed by atoms with Crippen LogP contribution in [-0.2, 0) is 0 Å². The lowest BCUT2D eigenvalue weighted by molar-refractivity contribution is 0.155. The van der Waals surface area contributed by atoms with E-state index in [2.05, 4.69) is 5.32 Å². The van der Waals surface area contributed by atoms with Crippen LogP contribution in [0.15, 0.2) is 18.2 Å². The van der Waals surface area contributed by atoms with Gasteiger partial charge in [-0.15, -0.1) is 0 Å². The third-order valence-electron chi connectivity index (χ3n) is 4.64. The number of hydrogen-bond donors (Lipinski definition) is 2. The molecular weight excluding hydrogens is 248 g/mol. The fraction of sp³-hybridized carbons (Fsp3) is 0.600. The van der Waals surface area contributed by atoms with Crippen LogP contribution in [0.1, 0.15) is 37.4 Å². The maximum atomic E-state index is 13.5. The zero-order valence-corrected chi connectivity index (χ0v) is 10.8. The molecule has 0 radical (unpaired) electrons. The van der Waals surface area contributed by atoms with Crippen molar-refractivity contribution in [3.63, 3.8) is 0 Å². The minimum absolute atomic E-state index is 0.214. The molecule has 2 N–H and O–H groups in total. The first-order valence-corrected chi connectivity index (χ1v) is 7.00. The number of nitrogens with one attached hydrogen (secondary N) is 1. The Kier molecular flexibility index (Phi) is 3.54. The maximum Gasteiger partial charge on any atom is 0.131 e. The molecule has 1 aromatic rings. The Morgan fingerprint density at radius 2 is 1.95 bits per heavy atom. The van der Waals surface area contributed by atoms with E-state index in [1.54, 1.807) is 0 Å². The Morgan fingerprint density at radius 1 is 1.21 bits per heavy atom. The van der Waals surface area contributed by atoms with Crippen molar-refractivity contribution in [2.45, 2.75) is 37.8 Å². The van der Waals surface area contributed by atoms with Crippen molar-refractivity contribution in [2.75, 3.05) is 6.54 Å². The second-order valence-electron chi connectivity index (χ2n) is 5.84. The fourth-order valence-electron chi connectivity index (χ4n) is 3.69. The normalized spacial score (nSPS) is 30.8. The predicted molar refractivity (Wildman–Crippen MR) is 68.6 cm³/mol. The molecule has 0 spiro atoms. The minimum atomic E-state index is -1.12. The third kappa shape index (κ3) is 2.51. The number of rotatable bonds is 4. The van der Waals surface area contributed by atoms with Gasteiger partial charge in [0.1, 0.15) is 11.6 Å². The van der Waals surface area contributed by atoms with Crippen molar-refractivity contribution in [1.29, 1.82) is 0 Å². The number of aliphatic hydroxyl groups excluding tert-OH is 1. The SMILES string of the molecule is OC(CNC1CC2CCC1C2)c1c(F)cccc1F. The highest BCUT2D eigenvalue weighted by Gasteiger charge is 2.39. The largest absolute Gasteiger partial charge is 0.387 e. The number of aliphatic hydroxyl groups is 1. The molecule has 2 saturated carbocycles. The minimum Gasteiger partial charge on any atom is -0.387 e. The fourth-order valence-corrected chi connectivity index (χ4v) is 3.69. The van der Waals surface area contributed by atoms with E-state index in [-0.39, 0.29) is 12.1 Å². The van der Waals surface area contributed by atoms with E-state index in [0.29, 0.717) is 12.0 Å². The number of hydrogen-bond acceptors (Lipinski definition) is 2. The molecule has 2 fully saturated rings. The molecular formula is C15H19F2NO. The van der Waals surface area contributed by atoms with Crippen molar-refractivity contribution in [3.05, 3.63) is 35.4 Å². The second-order valence-corrected chi connectivity index (χ2v) is 5.84. The Balaban J connectivity index is 1.61. The highest BCUT2D eigenvalue weighted by atomic mass is 19.1. The first kappa shape index (κ1) is 13.0. The number of benzene rings is 1. The summed E-state index contributed by atoms with van der Waals surface area (Å²) in [6, 6.07) is 4.07. The molecule has 4 unspecified atom stereocenters. The maximum absolute atomic E-state index is 13.5. The van der Waals surface area contributed by atoms with Gasteiger partial charge in [0.05, 0.1) is 11.7 Å². The van der Waals surface area contributed by atoms with Crippen molar-refractivity contribution >= 4 is 0 Å². The Hall–Kier alpha value is -1.00. The quantitative estimate of drug-likeness (QED) is 0.879. The molecule has 2 nitrogen and oxygen atoms in total. The Morgan fingerprint density at radius 3 is 2.53 bits per heavy atom. The van der Waals surface area contributed by atoms with Crippen molar-refractivity contribution < 1.29 is 13.9 Å². The lowest BCUT2D eigenvalue weighted by Gasteiger charge is -2.24. The van der Waals surface area contributed by atoms with Gasteiger partial charge in [0.15, 0.2) is 0 Å². The van der Waals surface area contributed by atoms with E-state index in [1.165, 1.54) is 37.5 Å². The van der Waals surface area contributed by atoms with E-state index >= 15 is 0 Å². The summed E-state index contributed by atoms with van der Waals surface area (Å²) in [6.45, 7) is 0.214. The summed E-state index contributed by atoms with van der Waals surface area (Å²) in [7, 11) is 0. The van der Waals surface area contributed by atoms with Gasteiger partial charge in [-0.25, -0.2) is 8.78 Å². The Bertz CT molecular complexity index is 445. The summed E-state index contributed by atoms with van der Waals surface area (Å²) in [4.78, 5) is 0. The monoisotopic (exact) mass is 267 g/mol. The molecule has 0 amide bonds. The van der Waals surface area contributed by atoms with Gasteiger partial charge in [0.25, 0.3) is 0 Å². The molecule has 1 aromatic carbocycles. The molecule has 0 heterocycles. The van der Waals surface area contributed by atoms with Gasteiger partial charge < -0.3 is 10.4 Å². The van der Waals surface area contributed by atoms with E-state index in [9.17, 15) is 13.9 Å². The lowest BCUT2D eigenvalue weighted by atomic mass is 9.95. The van der Waals surface area contributed by atoms with E-state index in [4.69, 9.17) is 0 Å². The van der Waals surface area contributed by atoms with Crippen LogP contribution in [0.2, 0.25) is 0 Å². The zero-order chi connectivity index (χ0) is 13.4. The molecule has 2 bridgehead atoms. The van der Waals surface area contributed by atoms with Gasteiger partial charge in [-0.3, -0.25) is 0 Å². The third-order valence-corrected chi connectivity index (χ3v) is 4.64. The zero-order valence-electron chi connectivity index (χ0n) is 10.8. The number of fused-ring (bicyclic) bond motifs is 2. The van der Waals surface area contributed by atoms with Crippen LogP contribution in [0.25, 0.3) is 0 Å². The molecule has 2 aliphatic rings. The van der Waals surface area contributed by atoms with E-state index < -0.39 is 17.7 Å². The standard InChI is InChI=1S/C15H19F2NO/c16-11-2-1-3-12(17)15(11)14(19)8-18-13-7-9-4-5-10(13)6-9/h1-3,9-10,13-14,18-19H,4-8H2. The average molecular weight is 267 g/mol. The molecule has 2 aliphatic carbocycles. The molecule has 0 aromatic heterocycles. The molecule has 19 heavy (non-hydrogen) atoms. The Labute approximate surface area is 111 Å². The van der Waals surface area contributed by atoms with Gasteiger partial charge in [-0.1, -0.05) is 12.5 Å². The smallest absolute Gasteiger partial charge is 0.131 e. The summed E-state index contributed by atoms with van der Waals surface area (Å²) in [6.07, 6.45) is 3.83. The first-order chi connectivity index (χ1) is 9.15.